The Morgan fingerprint density at radius 1 is 0.793 bits per heavy atom. The maximum Gasteiger partial charge on any atom is 0.213 e. The van der Waals surface area contributed by atoms with E-state index in [2.05, 4.69) is 96.5 Å². The highest BCUT2D eigenvalue weighted by Crippen LogP contribution is 2.53. The lowest BCUT2D eigenvalue weighted by molar-refractivity contribution is -0.765. The summed E-state index contributed by atoms with van der Waals surface area (Å²) in [4.78, 5) is 0. The van der Waals surface area contributed by atoms with Gasteiger partial charge in [-0.1, -0.05) is 54.0 Å². The SMILES string of the molecule is CCC1(C)c2cc3c(cc2-c2cccc[n+]2C1(C)CC)C(C)(C)CCCC3(C)C. The van der Waals surface area contributed by atoms with Gasteiger partial charge in [-0.3, -0.25) is 0 Å². The molecule has 0 saturated heterocycles. The van der Waals surface area contributed by atoms with Crippen LogP contribution in [0.1, 0.15) is 104 Å². The van der Waals surface area contributed by atoms with E-state index in [1.54, 1.807) is 16.7 Å². The second-order valence-corrected chi connectivity index (χ2v) is 11.3. The Kier molecular flexibility index (Phi) is 4.58. The standard InChI is InChI=1S/C28H40N/c1-9-27(7)21-19-23-22(25(3,4)15-13-16-26(23,5)6)18-20(21)24-14-11-12-17-29(24)28(27,8)10-2/h11-12,14,17-19H,9-10,13,15-16H2,1-8H3/q+1. The third kappa shape index (κ3) is 2.69. The highest BCUT2D eigenvalue weighted by Gasteiger charge is 2.56. The molecule has 2 heterocycles. The third-order valence-electron chi connectivity index (χ3n) is 9.07. The van der Waals surface area contributed by atoms with E-state index in [1.165, 1.54) is 30.5 Å². The quantitative estimate of drug-likeness (QED) is 0.377. The average Bonchev–Trinajstić information content (AvgIpc) is 2.78. The summed E-state index contributed by atoms with van der Waals surface area (Å²) < 4.78 is 2.58. The Morgan fingerprint density at radius 2 is 1.41 bits per heavy atom. The predicted molar refractivity (Wildman–Crippen MR) is 124 cm³/mol. The minimum atomic E-state index is 0.0734. The normalized spacial score (nSPS) is 29.4. The number of fused-ring (bicyclic) bond motifs is 4. The van der Waals surface area contributed by atoms with Crippen LogP contribution in [0.2, 0.25) is 0 Å². The van der Waals surface area contributed by atoms with Crippen LogP contribution in [0.25, 0.3) is 11.3 Å². The molecule has 1 aliphatic carbocycles. The van der Waals surface area contributed by atoms with Gasteiger partial charge in [0.1, 0.15) is 0 Å². The molecular weight excluding hydrogens is 350 g/mol. The van der Waals surface area contributed by atoms with Gasteiger partial charge in [-0.15, -0.1) is 0 Å². The van der Waals surface area contributed by atoms with Crippen LogP contribution in [-0.2, 0) is 21.8 Å². The zero-order chi connectivity index (χ0) is 21.2. The highest BCUT2D eigenvalue weighted by atomic mass is 15.1. The Bertz CT molecular complexity index is 951. The summed E-state index contributed by atoms with van der Waals surface area (Å²) in [6.45, 7) is 19.6. The van der Waals surface area contributed by atoms with Crippen molar-refractivity contribution in [3.63, 3.8) is 0 Å². The van der Waals surface area contributed by atoms with Gasteiger partial charge >= 0.3 is 0 Å². The van der Waals surface area contributed by atoms with Gasteiger partial charge in [-0.05, 0) is 65.8 Å². The Balaban J connectivity index is 2.14. The van der Waals surface area contributed by atoms with Crippen molar-refractivity contribution in [2.24, 2.45) is 0 Å². The Hall–Kier alpha value is -1.63. The number of hydrogen-bond donors (Lipinski definition) is 0. The smallest absolute Gasteiger partial charge is 0.192 e. The lowest BCUT2D eigenvalue weighted by Crippen LogP contribution is -2.67. The first-order valence-corrected chi connectivity index (χ1v) is 11.7. The molecule has 0 saturated carbocycles. The zero-order valence-corrected chi connectivity index (χ0v) is 19.9. The van der Waals surface area contributed by atoms with Crippen molar-refractivity contribution in [3.8, 4) is 11.3 Å². The van der Waals surface area contributed by atoms with Crippen molar-refractivity contribution in [3.05, 3.63) is 53.2 Å². The molecule has 2 aliphatic rings. The number of nitrogens with zero attached hydrogens (tertiary/aromatic N) is 1. The molecular formula is C28H40N+. The van der Waals surface area contributed by atoms with E-state index in [4.69, 9.17) is 0 Å². The van der Waals surface area contributed by atoms with E-state index in [0.29, 0.717) is 0 Å². The molecule has 1 aromatic carbocycles. The molecule has 0 radical (unpaired) electrons. The second kappa shape index (κ2) is 6.43. The first-order chi connectivity index (χ1) is 13.5. The summed E-state index contributed by atoms with van der Waals surface area (Å²) in [6.07, 6.45) is 8.45. The number of aromatic nitrogens is 1. The molecule has 0 amide bonds. The average molecular weight is 391 g/mol. The van der Waals surface area contributed by atoms with Crippen LogP contribution >= 0.6 is 0 Å². The molecule has 29 heavy (non-hydrogen) atoms. The van der Waals surface area contributed by atoms with Gasteiger partial charge in [-0.2, -0.15) is 4.57 Å². The van der Waals surface area contributed by atoms with E-state index in [0.717, 1.165) is 12.8 Å². The topological polar surface area (TPSA) is 3.88 Å². The molecule has 1 aromatic heterocycles. The number of rotatable bonds is 2. The van der Waals surface area contributed by atoms with Gasteiger partial charge < -0.3 is 0 Å². The fraction of sp³-hybridized carbons (Fsp3) is 0.607. The molecule has 156 valence electrons. The number of benzene rings is 1. The molecule has 2 unspecified atom stereocenters. The predicted octanol–water partition coefficient (Wildman–Crippen LogP) is 7.19. The summed E-state index contributed by atoms with van der Waals surface area (Å²) in [6, 6.07) is 12.0. The summed E-state index contributed by atoms with van der Waals surface area (Å²) in [7, 11) is 0. The maximum absolute atomic E-state index is 2.64. The monoisotopic (exact) mass is 390 g/mol. The van der Waals surface area contributed by atoms with E-state index >= 15 is 0 Å². The molecule has 0 N–H and O–H groups in total. The van der Waals surface area contributed by atoms with Crippen molar-refractivity contribution in [2.75, 3.05) is 0 Å². The van der Waals surface area contributed by atoms with E-state index < -0.39 is 0 Å². The van der Waals surface area contributed by atoms with Crippen LogP contribution in [0.15, 0.2) is 36.5 Å². The first kappa shape index (κ1) is 20.6. The van der Waals surface area contributed by atoms with Gasteiger partial charge in [0, 0.05) is 25.5 Å². The summed E-state index contributed by atoms with van der Waals surface area (Å²) in [5.41, 5.74) is 8.24. The molecule has 0 spiro atoms. The van der Waals surface area contributed by atoms with Gasteiger partial charge in [0.05, 0.1) is 11.0 Å². The molecule has 0 bridgehead atoms. The van der Waals surface area contributed by atoms with Crippen LogP contribution in [0.3, 0.4) is 0 Å². The van der Waals surface area contributed by atoms with Crippen LogP contribution in [-0.4, -0.2) is 0 Å². The van der Waals surface area contributed by atoms with Gasteiger partial charge in [0.2, 0.25) is 5.69 Å². The van der Waals surface area contributed by atoms with Gasteiger partial charge in [0.15, 0.2) is 11.7 Å². The third-order valence-corrected chi connectivity index (χ3v) is 9.07. The lowest BCUT2D eigenvalue weighted by atomic mass is 9.59. The van der Waals surface area contributed by atoms with Gasteiger partial charge in [0.25, 0.3) is 0 Å². The van der Waals surface area contributed by atoms with Crippen molar-refractivity contribution in [2.45, 2.75) is 109 Å². The first-order valence-electron chi connectivity index (χ1n) is 11.7. The molecule has 2 aromatic rings. The van der Waals surface area contributed by atoms with E-state index in [-0.39, 0.29) is 21.8 Å². The zero-order valence-electron chi connectivity index (χ0n) is 19.9. The van der Waals surface area contributed by atoms with E-state index in [9.17, 15) is 0 Å². The van der Waals surface area contributed by atoms with Crippen molar-refractivity contribution >= 4 is 0 Å². The fourth-order valence-electron chi connectivity index (χ4n) is 6.41. The van der Waals surface area contributed by atoms with Crippen LogP contribution in [0.4, 0.5) is 0 Å². The minimum absolute atomic E-state index is 0.0734. The Labute approximate surface area is 178 Å². The van der Waals surface area contributed by atoms with Crippen molar-refractivity contribution in [1.82, 2.24) is 0 Å². The maximum atomic E-state index is 2.64. The molecule has 1 nitrogen and oxygen atoms in total. The molecule has 2 atom stereocenters. The van der Waals surface area contributed by atoms with Crippen molar-refractivity contribution < 1.29 is 4.57 Å². The molecule has 4 rings (SSSR count). The molecule has 1 heteroatoms. The number of hydrogen-bond acceptors (Lipinski definition) is 0. The van der Waals surface area contributed by atoms with E-state index in [1.807, 2.05) is 0 Å². The minimum Gasteiger partial charge on any atom is -0.192 e. The molecule has 1 aliphatic heterocycles. The highest BCUT2D eigenvalue weighted by molar-refractivity contribution is 5.69. The lowest BCUT2D eigenvalue weighted by Gasteiger charge is -2.47. The fourth-order valence-corrected chi connectivity index (χ4v) is 6.41. The Morgan fingerprint density at radius 3 is 2.00 bits per heavy atom. The largest absolute Gasteiger partial charge is 0.213 e. The summed E-state index contributed by atoms with van der Waals surface area (Å²) in [5, 5.41) is 0. The summed E-state index contributed by atoms with van der Waals surface area (Å²) >= 11 is 0. The van der Waals surface area contributed by atoms with Crippen molar-refractivity contribution in [1.29, 1.82) is 0 Å². The molecule has 0 fully saturated rings. The second-order valence-electron chi connectivity index (χ2n) is 11.3. The number of pyridine rings is 1. The van der Waals surface area contributed by atoms with Crippen LogP contribution in [0.5, 0.6) is 0 Å². The summed E-state index contributed by atoms with van der Waals surface area (Å²) in [5.74, 6) is 0. The van der Waals surface area contributed by atoms with Crippen LogP contribution < -0.4 is 4.57 Å². The van der Waals surface area contributed by atoms with Gasteiger partial charge in [-0.25, -0.2) is 0 Å². The van der Waals surface area contributed by atoms with Crippen LogP contribution in [0, 0.1) is 0 Å².